The SMILES string of the molecule is CC(C)(C)c1ccc(C(=O)NC(=S)Nc2sc3c(c2C#N)CCC(C(C)(C)C)C3)cc1. The van der Waals surface area contributed by atoms with E-state index in [2.05, 4.69) is 58.2 Å². The molecule has 1 aliphatic carbocycles. The van der Waals surface area contributed by atoms with E-state index in [1.54, 1.807) is 11.3 Å². The van der Waals surface area contributed by atoms with E-state index in [1.165, 1.54) is 10.4 Å². The van der Waals surface area contributed by atoms with Crippen molar-refractivity contribution in [3.05, 3.63) is 51.4 Å². The lowest BCUT2D eigenvalue weighted by atomic mass is 9.72. The minimum Gasteiger partial charge on any atom is -0.323 e. The second-order valence-corrected chi connectivity index (χ2v) is 11.9. The summed E-state index contributed by atoms with van der Waals surface area (Å²) in [6, 6.07) is 9.91. The quantitative estimate of drug-likeness (QED) is 0.532. The van der Waals surface area contributed by atoms with Crippen LogP contribution in [0.1, 0.15) is 79.9 Å². The van der Waals surface area contributed by atoms with Crippen molar-refractivity contribution >= 4 is 39.6 Å². The molecule has 0 radical (unpaired) electrons. The number of fused-ring (bicyclic) bond motifs is 1. The highest BCUT2D eigenvalue weighted by molar-refractivity contribution is 7.80. The van der Waals surface area contributed by atoms with Gasteiger partial charge in [0, 0.05) is 10.4 Å². The van der Waals surface area contributed by atoms with E-state index in [1.807, 2.05) is 24.3 Å². The van der Waals surface area contributed by atoms with Gasteiger partial charge in [0.15, 0.2) is 5.11 Å². The van der Waals surface area contributed by atoms with Gasteiger partial charge in [-0.05, 0) is 71.5 Å². The maximum Gasteiger partial charge on any atom is 0.257 e. The Hall–Kier alpha value is -2.23. The van der Waals surface area contributed by atoms with Gasteiger partial charge >= 0.3 is 0 Å². The number of carbonyl (C=O) groups is 1. The van der Waals surface area contributed by atoms with Gasteiger partial charge in [-0.25, -0.2) is 0 Å². The molecule has 1 atom stereocenters. The summed E-state index contributed by atoms with van der Waals surface area (Å²) in [5.74, 6) is 0.339. The first-order valence-electron chi connectivity index (χ1n) is 10.7. The maximum atomic E-state index is 12.6. The lowest BCUT2D eigenvalue weighted by Gasteiger charge is -2.33. The number of thiophene rings is 1. The molecule has 1 amide bonds. The zero-order valence-electron chi connectivity index (χ0n) is 19.2. The molecule has 6 heteroatoms. The third kappa shape index (κ3) is 5.34. The predicted molar refractivity (Wildman–Crippen MR) is 133 cm³/mol. The number of nitrogens with zero attached hydrogens (tertiary/aromatic N) is 1. The topological polar surface area (TPSA) is 64.9 Å². The molecule has 164 valence electrons. The molecule has 1 heterocycles. The van der Waals surface area contributed by atoms with Crippen LogP contribution in [0.3, 0.4) is 0 Å². The van der Waals surface area contributed by atoms with Crippen molar-refractivity contribution in [2.75, 3.05) is 5.32 Å². The fourth-order valence-corrected chi connectivity index (χ4v) is 5.50. The Morgan fingerprint density at radius 1 is 1.16 bits per heavy atom. The predicted octanol–water partition coefficient (Wildman–Crippen LogP) is 6.20. The summed E-state index contributed by atoms with van der Waals surface area (Å²) in [7, 11) is 0. The molecule has 1 aliphatic rings. The molecule has 3 rings (SSSR count). The Labute approximate surface area is 195 Å². The van der Waals surface area contributed by atoms with Gasteiger partial charge in [-0.3, -0.25) is 10.1 Å². The highest BCUT2D eigenvalue weighted by Crippen LogP contribution is 2.43. The lowest BCUT2D eigenvalue weighted by Crippen LogP contribution is -2.34. The van der Waals surface area contributed by atoms with Gasteiger partial charge in [-0.15, -0.1) is 11.3 Å². The molecule has 0 saturated heterocycles. The van der Waals surface area contributed by atoms with Crippen molar-refractivity contribution in [2.24, 2.45) is 11.3 Å². The van der Waals surface area contributed by atoms with Crippen molar-refractivity contribution in [3.8, 4) is 6.07 Å². The van der Waals surface area contributed by atoms with Gasteiger partial charge in [0.05, 0.1) is 5.56 Å². The molecule has 1 aromatic heterocycles. The van der Waals surface area contributed by atoms with Gasteiger partial charge in [-0.2, -0.15) is 5.26 Å². The monoisotopic (exact) mass is 453 g/mol. The summed E-state index contributed by atoms with van der Waals surface area (Å²) in [5, 5.41) is 16.5. The summed E-state index contributed by atoms with van der Waals surface area (Å²) >= 11 is 6.97. The molecule has 1 unspecified atom stereocenters. The number of hydrogen-bond donors (Lipinski definition) is 2. The van der Waals surface area contributed by atoms with Crippen molar-refractivity contribution in [1.29, 1.82) is 5.26 Å². The second-order valence-electron chi connectivity index (χ2n) is 10.4. The summed E-state index contributed by atoms with van der Waals surface area (Å²) < 4.78 is 0. The minimum atomic E-state index is -0.259. The molecule has 31 heavy (non-hydrogen) atoms. The van der Waals surface area contributed by atoms with Crippen LogP contribution < -0.4 is 10.6 Å². The largest absolute Gasteiger partial charge is 0.323 e. The third-order valence-corrected chi connectivity index (χ3v) is 7.44. The number of thiocarbonyl (C=S) groups is 1. The summed E-state index contributed by atoms with van der Waals surface area (Å²) in [6.07, 6.45) is 2.99. The molecular formula is C25H31N3OS2. The molecule has 0 aliphatic heterocycles. The third-order valence-electron chi connectivity index (χ3n) is 6.07. The highest BCUT2D eigenvalue weighted by Gasteiger charge is 2.32. The number of carbonyl (C=O) groups excluding carboxylic acids is 1. The minimum absolute atomic E-state index is 0.0316. The molecule has 2 N–H and O–H groups in total. The molecule has 0 fully saturated rings. The van der Waals surface area contributed by atoms with E-state index in [0.29, 0.717) is 17.0 Å². The molecule has 1 aromatic carbocycles. The van der Waals surface area contributed by atoms with Gasteiger partial charge in [0.2, 0.25) is 0 Å². The van der Waals surface area contributed by atoms with Crippen LogP contribution >= 0.6 is 23.6 Å². The Morgan fingerprint density at radius 3 is 2.35 bits per heavy atom. The number of hydrogen-bond acceptors (Lipinski definition) is 4. The number of benzene rings is 1. The maximum absolute atomic E-state index is 12.6. The number of rotatable bonds is 2. The number of nitrogens with one attached hydrogen (secondary N) is 2. The molecule has 0 spiro atoms. The van der Waals surface area contributed by atoms with Crippen LogP contribution in [0.15, 0.2) is 24.3 Å². The molecular weight excluding hydrogens is 422 g/mol. The van der Waals surface area contributed by atoms with Gasteiger partial charge in [0.25, 0.3) is 5.91 Å². The molecule has 0 saturated carbocycles. The summed E-state index contributed by atoms with van der Waals surface area (Å²) in [6.45, 7) is 13.2. The fourth-order valence-electron chi connectivity index (χ4n) is 3.96. The summed E-state index contributed by atoms with van der Waals surface area (Å²) in [5.41, 5.74) is 3.80. The van der Waals surface area contributed by atoms with Crippen molar-refractivity contribution in [2.45, 2.75) is 66.2 Å². The first-order chi connectivity index (χ1) is 14.4. The van der Waals surface area contributed by atoms with E-state index in [9.17, 15) is 10.1 Å². The zero-order valence-corrected chi connectivity index (χ0v) is 20.8. The zero-order chi connectivity index (χ0) is 23.0. The molecule has 2 aromatic rings. The van der Waals surface area contributed by atoms with Crippen LogP contribution in [0.2, 0.25) is 0 Å². The first kappa shape index (κ1) is 23.4. The van der Waals surface area contributed by atoms with Crippen LogP contribution in [-0.2, 0) is 18.3 Å². The number of amides is 1. The van der Waals surface area contributed by atoms with Gasteiger partial charge in [-0.1, -0.05) is 53.7 Å². The van der Waals surface area contributed by atoms with Gasteiger partial charge in [0.1, 0.15) is 11.1 Å². The average molecular weight is 454 g/mol. The van der Waals surface area contributed by atoms with Crippen LogP contribution in [0.4, 0.5) is 5.00 Å². The molecule has 4 nitrogen and oxygen atoms in total. The second kappa shape index (κ2) is 8.72. The van der Waals surface area contributed by atoms with Gasteiger partial charge < -0.3 is 5.32 Å². The average Bonchev–Trinajstić information content (AvgIpc) is 3.02. The number of anilines is 1. The van der Waals surface area contributed by atoms with Crippen molar-refractivity contribution in [3.63, 3.8) is 0 Å². The Bertz CT molecular complexity index is 1030. The summed E-state index contributed by atoms with van der Waals surface area (Å²) in [4.78, 5) is 13.9. The van der Waals surface area contributed by atoms with Crippen LogP contribution in [0.25, 0.3) is 0 Å². The van der Waals surface area contributed by atoms with E-state index in [-0.39, 0.29) is 21.8 Å². The smallest absolute Gasteiger partial charge is 0.257 e. The normalized spacial score (nSPS) is 16.2. The van der Waals surface area contributed by atoms with Crippen LogP contribution in [0.5, 0.6) is 0 Å². The fraction of sp³-hybridized carbons (Fsp3) is 0.480. The first-order valence-corrected chi connectivity index (χ1v) is 11.9. The van der Waals surface area contributed by atoms with Crippen molar-refractivity contribution in [1.82, 2.24) is 5.32 Å². The Balaban J connectivity index is 1.70. The Morgan fingerprint density at radius 2 is 1.81 bits per heavy atom. The van der Waals surface area contributed by atoms with E-state index in [4.69, 9.17) is 12.2 Å². The van der Waals surface area contributed by atoms with Crippen LogP contribution in [-0.4, -0.2) is 11.0 Å². The van der Waals surface area contributed by atoms with Crippen LogP contribution in [0, 0.1) is 22.7 Å². The standard InChI is InChI=1S/C25H31N3OS2/c1-24(2,3)16-9-7-15(8-10-16)21(29)27-23(30)28-22-19(14-26)18-12-11-17(25(4,5)6)13-20(18)31-22/h7-10,17H,11-13H2,1-6H3,(H2,27,28,29,30). The molecule has 0 bridgehead atoms. The Kier molecular flexibility index (Phi) is 6.59. The van der Waals surface area contributed by atoms with Crippen molar-refractivity contribution < 1.29 is 4.79 Å². The highest BCUT2D eigenvalue weighted by atomic mass is 32.1. The van der Waals surface area contributed by atoms with E-state index >= 15 is 0 Å². The van der Waals surface area contributed by atoms with E-state index in [0.717, 1.165) is 29.8 Å². The lowest BCUT2D eigenvalue weighted by molar-refractivity contribution is 0.0977. The van der Waals surface area contributed by atoms with E-state index < -0.39 is 0 Å². The number of nitriles is 1.